The average molecular weight is 584 g/mol. The van der Waals surface area contributed by atoms with E-state index in [1.165, 1.54) is 18.4 Å². The van der Waals surface area contributed by atoms with Gasteiger partial charge < -0.3 is 19.5 Å². The highest BCUT2D eigenvalue weighted by Crippen LogP contribution is 2.42. The van der Waals surface area contributed by atoms with Gasteiger partial charge in [-0.05, 0) is 84.7 Å². The minimum Gasteiger partial charge on any atom is -0.491 e. The Balaban J connectivity index is 1.11. The smallest absolute Gasteiger partial charge is 0.262 e. The second-order valence-corrected chi connectivity index (χ2v) is 12.3. The largest absolute Gasteiger partial charge is 0.491 e. The first-order valence-electron chi connectivity index (χ1n) is 15.4. The van der Waals surface area contributed by atoms with Crippen LogP contribution in [0.4, 0.5) is 5.69 Å². The number of carbonyl (C=O) groups excluding carboxylic acids is 2. The van der Waals surface area contributed by atoms with Crippen LogP contribution in [0.1, 0.15) is 57.5 Å². The summed E-state index contributed by atoms with van der Waals surface area (Å²) in [7, 11) is 0. The Morgan fingerprint density at radius 1 is 0.977 bits per heavy atom. The van der Waals surface area contributed by atoms with Gasteiger partial charge in [0.1, 0.15) is 24.3 Å². The van der Waals surface area contributed by atoms with E-state index < -0.39 is 0 Å². The molecule has 2 amide bonds. The van der Waals surface area contributed by atoms with Crippen molar-refractivity contribution < 1.29 is 14.3 Å². The number of hydrogen-bond donors (Lipinski definition) is 1. The van der Waals surface area contributed by atoms with Crippen LogP contribution in [0.5, 0.6) is 5.75 Å². The first kappa shape index (κ1) is 26.6. The number of H-pyrrole nitrogens is 1. The van der Waals surface area contributed by atoms with Crippen molar-refractivity contribution in [2.24, 2.45) is 5.92 Å². The van der Waals surface area contributed by atoms with Crippen LogP contribution >= 0.6 is 0 Å². The average Bonchev–Trinajstić information content (AvgIpc) is 3.81. The molecule has 0 spiro atoms. The van der Waals surface area contributed by atoms with Gasteiger partial charge in [-0.3, -0.25) is 9.59 Å². The molecule has 3 aliphatic rings. The molecule has 1 aliphatic carbocycles. The number of ether oxygens (including phenoxy) is 1. The van der Waals surface area contributed by atoms with E-state index in [1.807, 2.05) is 65.3 Å². The van der Waals surface area contributed by atoms with E-state index >= 15 is 0 Å². The molecule has 3 aromatic carbocycles. The van der Waals surface area contributed by atoms with Crippen molar-refractivity contribution in [3.63, 3.8) is 0 Å². The van der Waals surface area contributed by atoms with Crippen LogP contribution in [0.25, 0.3) is 33.5 Å². The maximum atomic E-state index is 13.8. The van der Waals surface area contributed by atoms with Crippen molar-refractivity contribution in [3.05, 3.63) is 95.3 Å². The fourth-order valence-corrected chi connectivity index (χ4v) is 6.55. The third-order valence-corrected chi connectivity index (χ3v) is 9.17. The van der Waals surface area contributed by atoms with Crippen molar-refractivity contribution in [2.45, 2.75) is 32.6 Å². The second-order valence-electron chi connectivity index (χ2n) is 12.3. The maximum absolute atomic E-state index is 13.8. The van der Waals surface area contributed by atoms with Gasteiger partial charge in [0.15, 0.2) is 0 Å². The summed E-state index contributed by atoms with van der Waals surface area (Å²) in [5.74, 6) is 1.87. The standard InChI is InChI=1S/C36H33N5O3/c1-21-18-40(19-21)35(42)25-10-8-24(9-11-25)30-17-29-33(37-20-38-34(29)39-30)27-4-3-5-31(22(27)2)41-14-15-44-32-16-26(23-6-7-23)12-13-28(32)36(41)43/h3-5,8-13,16-17,20-21,23H,6-7,14-15,18-19H2,1-2H3,(H,37,38,39). The molecule has 0 unspecified atom stereocenters. The number of benzene rings is 3. The molecule has 0 atom stereocenters. The van der Waals surface area contributed by atoms with Crippen molar-refractivity contribution in [1.29, 1.82) is 0 Å². The molecule has 0 radical (unpaired) electrons. The normalized spacial score (nSPS) is 16.8. The number of anilines is 1. The van der Waals surface area contributed by atoms with Gasteiger partial charge in [-0.25, -0.2) is 9.97 Å². The van der Waals surface area contributed by atoms with Gasteiger partial charge in [0, 0.05) is 41.0 Å². The zero-order valence-electron chi connectivity index (χ0n) is 24.8. The molecule has 8 heteroatoms. The molecular formula is C36H33N5O3. The summed E-state index contributed by atoms with van der Waals surface area (Å²) in [6, 6.07) is 21.8. The predicted molar refractivity (Wildman–Crippen MR) is 170 cm³/mol. The third kappa shape index (κ3) is 4.53. The fourth-order valence-electron chi connectivity index (χ4n) is 6.55. The van der Waals surface area contributed by atoms with Gasteiger partial charge in [-0.15, -0.1) is 0 Å². The van der Waals surface area contributed by atoms with Crippen LogP contribution in [0, 0.1) is 12.8 Å². The van der Waals surface area contributed by atoms with Crippen LogP contribution in [0.15, 0.2) is 73.1 Å². The summed E-state index contributed by atoms with van der Waals surface area (Å²) >= 11 is 0. The molecule has 5 aromatic rings. The molecule has 8 rings (SSSR count). The summed E-state index contributed by atoms with van der Waals surface area (Å²) < 4.78 is 6.08. The quantitative estimate of drug-likeness (QED) is 0.252. The molecule has 2 aliphatic heterocycles. The Kier molecular flexibility index (Phi) is 6.25. The number of carbonyl (C=O) groups is 2. The van der Waals surface area contributed by atoms with Crippen LogP contribution in [0.3, 0.4) is 0 Å². The molecule has 8 nitrogen and oxygen atoms in total. The molecule has 1 saturated carbocycles. The zero-order valence-corrected chi connectivity index (χ0v) is 24.8. The van der Waals surface area contributed by atoms with E-state index in [-0.39, 0.29) is 11.8 Å². The van der Waals surface area contributed by atoms with Crippen molar-refractivity contribution in [2.75, 3.05) is 31.1 Å². The van der Waals surface area contributed by atoms with E-state index in [1.54, 1.807) is 6.33 Å². The lowest BCUT2D eigenvalue weighted by Crippen LogP contribution is -2.48. The number of aromatic amines is 1. The Morgan fingerprint density at radius 3 is 2.57 bits per heavy atom. The van der Waals surface area contributed by atoms with E-state index in [0.29, 0.717) is 41.9 Å². The number of likely N-dealkylation sites (tertiary alicyclic amines) is 1. The Morgan fingerprint density at radius 2 is 1.80 bits per heavy atom. The lowest BCUT2D eigenvalue weighted by molar-refractivity contribution is 0.0530. The Bertz CT molecular complexity index is 1940. The molecule has 2 fully saturated rings. The number of aromatic nitrogens is 3. The lowest BCUT2D eigenvalue weighted by Gasteiger charge is -2.37. The molecule has 4 heterocycles. The summed E-state index contributed by atoms with van der Waals surface area (Å²) in [4.78, 5) is 42.9. The highest BCUT2D eigenvalue weighted by atomic mass is 16.5. The Hall–Kier alpha value is -4.98. The van der Waals surface area contributed by atoms with Gasteiger partial charge in [0.25, 0.3) is 11.8 Å². The van der Waals surface area contributed by atoms with E-state index in [4.69, 9.17) is 9.72 Å². The predicted octanol–water partition coefficient (Wildman–Crippen LogP) is 6.61. The number of fused-ring (bicyclic) bond motifs is 2. The Labute approximate surface area is 255 Å². The summed E-state index contributed by atoms with van der Waals surface area (Å²) in [5, 5.41) is 0.890. The summed E-state index contributed by atoms with van der Waals surface area (Å²) in [5.41, 5.74) is 8.68. The SMILES string of the molecule is Cc1c(-c2ncnc3[nH]c(-c4ccc(C(=O)N5CC(C)C5)cc4)cc23)cccc1N1CCOc2cc(C3CC3)ccc2C1=O. The van der Waals surface area contributed by atoms with Crippen LogP contribution in [0.2, 0.25) is 0 Å². The van der Waals surface area contributed by atoms with Crippen molar-refractivity contribution in [1.82, 2.24) is 19.9 Å². The van der Waals surface area contributed by atoms with Gasteiger partial charge in [0.2, 0.25) is 0 Å². The molecule has 1 saturated heterocycles. The molecule has 220 valence electrons. The molecular weight excluding hydrogens is 550 g/mol. The first-order chi connectivity index (χ1) is 21.4. The highest BCUT2D eigenvalue weighted by Gasteiger charge is 2.30. The third-order valence-electron chi connectivity index (χ3n) is 9.17. The number of nitrogens with zero attached hydrogens (tertiary/aromatic N) is 4. The van der Waals surface area contributed by atoms with Crippen LogP contribution < -0.4 is 9.64 Å². The minimum atomic E-state index is -0.0533. The summed E-state index contributed by atoms with van der Waals surface area (Å²) in [6.45, 7) is 6.72. The topological polar surface area (TPSA) is 91.4 Å². The molecule has 1 N–H and O–H groups in total. The van der Waals surface area contributed by atoms with Gasteiger partial charge >= 0.3 is 0 Å². The number of nitrogens with one attached hydrogen (secondary N) is 1. The van der Waals surface area contributed by atoms with Gasteiger partial charge in [0.05, 0.1) is 17.8 Å². The highest BCUT2D eigenvalue weighted by molar-refractivity contribution is 6.09. The van der Waals surface area contributed by atoms with E-state index in [2.05, 4.69) is 35.1 Å². The maximum Gasteiger partial charge on any atom is 0.262 e. The molecule has 2 aromatic heterocycles. The minimum absolute atomic E-state index is 0.0533. The molecule has 44 heavy (non-hydrogen) atoms. The molecule has 0 bridgehead atoms. The van der Waals surface area contributed by atoms with Crippen LogP contribution in [-0.2, 0) is 0 Å². The van der Waals surface area contributed by atoms with Crippen molar-refractivity contribution in [3.8, 4) is 28.3 Å². The van der Waals surface area contributed by atoms with E-state index in [9.17, 15) is 9.59 Å². The van der Waals surface area contributed by atoms with Crippen LogP contribution in [-0.4, -0.2) is 57.9 Å². The summed E-state index contributed by atoms with van der Waals surface area (Å²) in [6.07, 6.45) is 3.98. The first-order valence-corrected chi connectivity index (χ1v) is 15.4. The number of hydrogen-bond acceptors (Lipinski definition) is 5. The number of amides is 2. The monoisotopic (exact) mass is 583 g/mol. The van der Waals surface area contributed by atoms with Gasteiger partial charge in [-0.2, -0.15) is 0 Å². The lowest BCUT2D eigenvalue weighted by atomic mass is 9.99. The van der Waals surface area contributed by atoms with E-state index in [0.717, 1.165) is 57.9 Å². The van der Waals surface area contributed by atoms with Gasteiger partial charge in [-0.1, -0.05) is 37.3 Å². The second kappa shape index (κ2) is 10.3. The van der Waals surface area contributed by atoms with Crippen molar-refractivity contribution >= 4 is 28.5 Å². The zero-order chi connectivity index (χ0) is 29.9. The number of rotatable bonds is 5. The fraction of sp³-hybridized carbons (Fsp3) is 0.278.